The van der Waals surface area contributed by atoms with Gasteiger partial charge in [0, 0.05) is 37.6 Å². The van der Waals surface area contributed by atoms with E-state index in [2.05, 4.69) is 21.2 Å². The van der Waals surface area contributed by atoms with Gasteiger partial charge in [0.15, 0.2) is 0 Å². The molecule has 1 fully saturated rings. The molecule has 0 atom stereocenters. The third-order valence-corrected chi connectivity index (χ3v) is 4.58. The van der Waals surface area contributed by atoms with Crippen molar-refractivity contribution in [1.29, 1.82) is 0 Å². The Balaban J connectivity index is 1.57. The molecule has 6 heteroatoms. The van der Waals surface area contributed by atoms with Crippen LogP contribution in [-0.2, 0) is 4.74 Å². The van der Waals surface area contributed by atoms with Crippen LogP contribution in [0.1, 0.15) is 20.8 Å². The molecule has 0 aromatic heterocycles. The fourth-order valence-corrected chi connectivity index (χ4v) is 3.27. The van der Waals surface area contributed by atoms with Gasteiger partial charge in [0.2, 0.25) is 0 Å². The highest BCUT2D eigenvalue weighted by molar-refractivity contribution is 5.85. The maximum absolute atomic E-state index is 11.9. The number of hydrogen-bond acceptors (Lipinski definition) is 5. The number of nitrogens with zero attached hydrogens (tertiary/aromatic N) is 2. The Morgan fingerprint density at radius 1 is 0.929 bits per heavy atom. The van der Waals surface area contributed by atoms with Gasteiger partial charge < -0.3 is 19.3 Å². The lowest BCUT2D eigenvalue weighted by Gasteiger charge is -2.37. The molecule has 3 rings (SSSR count). The number of carbonyl (C=O) groups excluding carboxylic acids is 1. The van der Waals surface area contributed by atoms with Crippen LogP contribution in [0.25, 0.3) is 0 Å². The van der Waals surface area contributed by atoms with Crippen LogP contribution in [0.5, 0.6) is 5.75 Å². The summed E-state index contributed by atoms with van der Waals surface area (Å²) in [5, 5.41) is 2.77. The van der Waals surface area contributed by atoms with E-state index in [0.717, 1.165) is 49.0 Å². The van der Waals surface area contributed by atoms with Crippen LogP contribution in [0.4, 0.5) is 21.9 Å². The molecule has 1 heterocycles. The number of carbonyl (C=O) groups is 1. The molecule has 2 aromatic carbocycles. The Labute approximate surface area is 167 Å². The van der Waals surface area contributed by atoms with Crippen LogP contribution in [0.15, 0.2) is 48.5 Å². The lowest BCUT2D eigenvalue weighted by atomic mass is 10.2. The minimum absolute atomic E-state index is 0.439. The average Bonchev–Trinajstić information content (AvgIpc) is 2.67. The number of para-hydroxylation sites is 2. The van der Waals surface area contributed by atoms with Crippen molar-refractivity contribution >= 4 is 23.2 Å². The van der Waals surface area contributed by atoms with Gasteiger partial charge in [-0.25, -0.2) is 4.79 Å². The fourth-order valence-electron chi connectivity index (χ4n) is 3.27. The summed E-state index contributed by atoms with van der Waals surface area (Å²) < 4.78 is 10.8. The molecular weight excluding hydrogens is 354 g/mol. The topological polar surface area (TPSA) is 54.0 Å². The van der Waals surface area contributed by atoms with E-state index in [0.29, 0.717) is 0 Å². The molecule has 2 aromatic rings. The number of benzene rings is 2. The van der Waals surface area contributed by atoms with Crippen LogP contribution in [0, 0.1) is 0 Å². The predicted octanol–water partition coefficient (Wildman–Crippen LogP) is 4.37. The van der Waals surface area contributed by atoms with E-state index in [1.165, 1.54) is 0 Å². The largest absolute Gasteiger partial charge is 0.495 e. The van der Waals surface area contributed by atoms with E-state index in [4.69, 9.17) is 9.47 Å². The molecule has 0 unspecified atom stereocenters. The molecule has 28 heavy (non-hydrogen) atoms. The fraction of sp³-hybridized carbons (Fsp3) is 0.409. The number of ether oxygens (including phenoxy) is 2. The SMILES string of the molecule is COc1ccccc1N1CCN(c2ccc(NC(=O)OC(C)(C)C)cc2)CC1. The van der Waals surface area contributed by atoms with Gasteiger partial charge in [0.05, 0.1) is 12.8 Å². The third kappa shape index (κ3) is 5.09. The maximum Gasteiger partial charge on any atom is 0.412 e. The third-order valence-electron chi connectivity index (χ3n) is 4.58. The molecule has 150 valence electrons. The Morgan fingerprint density at radius 3 is 2.14 bits per heavy atom. The van der Waals surface area contributed by atoms with Crippen molar-refractivity contribution in [3.63, 3.8) is 0 Å². The summed E-state index contributed by atoms with van der Waals surface area (Å²) >= 11 is 0. The first-order valence-electron chi connectivity index (χ1n) is 9.59. The van der Waals surface area contributed by atoms with Crippen molar-refractivity contribution in [2.45, 2.75) is 26.4 Å². The Morgan fingerprint density at radius 2 is 1.54 bits per heavy atom. The zero-order valence-corrected chi connectivity index (χ0v) is 17.1. The zero-order valence-electron chi connectivity index (χ0n) is 17.1. The summed E-state index contributed by atoms with van der Waals surface area (Å²) in [5.41, 5.74) is 2.51. The summed E-state index contributed by atoms with van der Waals surface area (Å²) in [6.07, 6.45) is -0.439. The zero-order chi connectivity index (χ0) is 20.1. The van der Waals surface area contributed by atoms with Gasteiger partial charge in [-0.05, 0) is 57.2 Å². The first-order valence-corrected chi connectivity index (χ1v) is 9.59. The van der Waals surface area contributed by atoms with Crippen LogP contribution in [0.2, 0.25) is 0 Å². The molecule has 1 N–H and O–H groups in total. The van der Waals surface area contributed by atoms with Crippen molar-refractivity contribution in [3.8, 4) is 5.75 Å². The first-order chi connectivity index (χ1) is 13.4. The van der Waals surface area contributed by atoms with Crippen LogP contribution in [0.3, 0.4) is 0 Å². The highest BCUT2D eigenvalue weighted by Gasteiger charge is 2.20. The molecule has 0 radical (unpaired) electrons. The standard InChI is InChI=1S/C22H29N3O3/c1-22(2,3)28-21(26)23-17-9-11-18(12-10-17)24-13-15-25(16-14-24)19-7-5-6-8-20(19)27-4/h5-12H,13-16H2,1-4H3,(H,23,26). The molecule has 0 saturated carbocycles. The van der Waals surface area contributed by atoms with E-state index in [1.807, 2.05) is 63.2 Å². The van der Waals surface area contributed by atoms with Gasteiger partial charge in [-0.2, -0.15) is 0 Å². The van der Waals surface area contributed by atoms with E-state index in [1.54, 1.807) is 7.11 Å². The second kappa shape index (κ2) is 8.42. The van der Waals surface area contributed by atoms with Gasteiger partial charge in [0.1, 0.15) is 11.4 Å². The highest BCUT2D eigenvalue weighted by atomic mass is 16.6. The van der Waals surface area contributed by atoms with Crippen molar-refractivity contribution in [1.82, 2.24) is 0 Å². The summed E-state index contributed by atoms with van der Waals surface area (Å²) in [6, 6.07) is 16.0. The number of anilines is 3. The molecule has 0 bridgehead atoms. The minimum atomic E-state index is -0.509. The normalized spacial score (nSPS) is 14.6. The summed E-state index contributed by atoms with van der Waals surface area (Å²) in [4.78, 5) is 16.6. The molecule has 0 aliphatic carbocycles. The molecule has 1 aliphatic rings. The Hall–Kier alpha value is -2.89. The summed E-state index contributed by atoms with van der Waals surface area (Å²) in [7, 11) is 1.71. The van der Waals surface area contributed by atoms with Crippen LogP contribution in [-0.4, -0.2) is 45.0 Å². The number of amides is 1. The van der Waals surface area contributed by atoms with Crippen molar-refractivity contribution in [2.75, 3.05) is 48.4 Å². The highest BCUT2D eigenvalue weighted by Crippen LogP contribution is 2.29. The monoisotopic (exact) mass is 383 g/mol. The van der Waals surface area contributed by atoms with Crippen molar-refractivity contribution in [3.05, 3.63) is 48.5 Å². The lowest BCUT2D eigenvalue weighted by molar-refractivity contribution is 0.0636. The molecule has 1 saturated heterocycles. The number of methoxy groups -OCH3 is 1. The lowest BCUT2D eigenvalue weighted by Crippen LogP contribution is -2.46. The number of rotatable bonds is 4. The van der Waals surface area contributed by atoms with Gasteiger partial charge in [0.25, 0.3) is 0 Å². The van der Waals surface area contributed by atoms with E-state index in [-0.39, 0.29) is 0 Å². The van der Waals surface area contributed by atoms with Gasteiger partial charge >= 0.3 is 6.09 Å². The average molecular weight is 383 g/mol. The van der Waals surface area contributed by atoms with Crippen LogP contribution >= 0.6 is 0 Å². The van der Waals surface area contributed by atoms with E-state index in [9.17, 15) is 4.79 Å². The van der Waals surface area contributed by atoms with Crippen LogP contribution < -0.4 is 19.9 Å². The second-order valence-corrected chi connectivity index (χ2v) is 7.82. The molecular formula is C22H29N3O3. The molecule has 1 amide bonds. The summed E-state index contributed by atoms with van der Waals surface area (Å²) in [5.74, 6) is 0.911. The number of piperazine rings is 1. The van der Waals surface area contributed by atoms with E-state index < -0.39 is 11.7 Å². The Kier molecular flexibility index (Phi) is 5.97. The van der Waals surface area contributed by atoms with E-state index >= 15 is 0 Å². The second-order valence-electron chi connectivity index (χ2n) is 7.82. The molecule has 6 nitrogen and oxygen atoms in total. The predicted molar refractivity (Wildman–Crippen MR) is 114 cm³/mol. The first kappa shape index (κ1) is 19.9. The van der Waals surface area contributed by atoms with Crippen molar-refractivity contribution < 1.29 is 14.3 Å². The quantitative estimate of drug-likeness (QED) is 0.850. The van der Waals surface area contributed by atoms with Crippen molar-refractivity contribution in [2.24, 2.45) is 0 Å². The maximum atomic E-state index is 11.9. The summed E-state index contributed by atoms with van der Waals surface area (Å²) in [6.45, 7) is 9.26. The number of nitrogens with one attached hydrogen (secondary N) is 1. The van der Waals surface area contributed by atoms with Gasteiger partial charge in [-0.15, -0.1) is 0 Å². The van der Waals surface area contributed by atoms with Gasteiger partial charge in [-0.3, -0.25) is 5.32 Å². The smallest absolute Gasteiger partial charge is 0.412 e. The minimum Gasteiger partial charge on any atom is -0.495 e. The van der Waals surface area contributed by atoms with Gasteiger partial charge in [-0.1, -0.05) is 12.1 Å². The molecule has 0 spiro atoms. The number of hydrogen-bond donors (Lipinski definition) is 1. The Bertz CT molecular complexity index is 791. The molecule has 1 aliphatic heterocycles.